The van der Waals surface area contributed by atoms with Crippen molar-refractivity contribution in [2.75, 3.05) is 18.0 Å². The first-order valence-corrected chi connectivity index (χ1v) is 10.3. The standard InChI is InChI=1S/C23H20F3N5O3/c24-23(25,26)34-19-5-3-16(4-6-19)15-30-10-11-31(22(30)33)20-12-18(7-9-28-20)21(32)29-14-17-2-1-8-27-13-17/h1-9,12-13H,10-11,14-15H2,(H,29,32). The number of amides is 3. The zero-order valence-corrected chi connectivity index (χ0v) is 17.8. The van der Waals surface area contributed by atoms with Gasteiger partial charge in [0.1, 0.15) is 11.6 Å². The highest BCUT2D eigenvalue weighted by atomic mass is 19.4. The molecule has 1 aromatic carbocycles. The molecule has 3 aromatic rings. The number of pyridine rings is 2. The number of anilines is 1. The number of alkyl halides is 3. The van der Waals surface area contributed by atoms with Crippen LogP contribution in [0.2, 0.25) is 0 Å². The Morgan fingerprint density at radius 3 is 2.56 bits per heavy atom. The molecule has 0 bridgehead atoms. The average molecular weight is 471 g/mol. The van der Waals surface area contributed by atoms with Gasteiger partial charge in [-0.2, -0.15) is 0 Å². The lowest BCUT2D eigenvalue weighted by Gasteiger charge is -2.19. The minimum Gasteiger partial charge on any atom is -0.406 e. The second-order valence-corrected chi connectivity index (χ2v) is 7.49. The predicted molar refractivity (Wildman–Crippen MR) is 116 cm³/mol. The van der Waals surface area contributed by atoms with Gasteiger partial charge in [-0.1, -0.05) is 18.2 Å². The third-order valence-corrected chi connectivity index (χ3v) is 5.09. The molecule has 8 nitrogen and oxygen atoms in total. The molecule has 1 aliphatic rings. The van der Waals surface area contributed by atoms with Gasteiger partial charge in [0, 0.05) is 50.3 Å². The van der Waals surface area contributed by atoms with E-state index in [-0.39, 0.29) is 24.2 Å². The van der Waals surface area contributed by atoms with Gasteiger partial charge in [0.05, 0.1) is 0 Å². The van der Waals surface area contributed by atoms with Gasteiger partial charge in [-0.15, -0.1) is 13.2 Å². The maximum absolute atomic E-state index is 12.9. The second kappa shape index (κ2) is 9.77. The fraction of sp³-hybridized carbons (Fsp3) is 0.217. The molecule has 0 saturated carbocycles. The van der Waals surface area contributed by atoms with Gasteiger partial charge in [0.2, 0.25) is 0 Å². The predicted octanol–water partition coefficient (Wildman–Crippen LogP) is 3.75. The molecule has 3 amide bonds. The summed E-state index contributed by atoms with van der Waals surface area (Å²) in [6.45, 7) is 1.29. The number of halogens is 3. The number of ether oxygens (including phenoxy) is 1. The Kier molecular flexibility index (Phi) is 6.62. The molecule has 3 heterocycles. The van der Waals surface area contributed by atoms with Crippen LogP contribution in [-0.2, 0) is 13.1 Å². The highest BCUT2D eigenvalue weighted by Gasteiger charge is 2.32. The number of hydrogen-bond donors (Lipinski definition) is 1. The van der Waals surface area contributed by atoms with Crippen LogP contribution < -0.4 is 15.0 Å². The Bertz CT molecular complexity index is 1160. The highest BCUT2D eigenvalue weighted by molar-refractivity contribution is 5.97. The van der Waals surface area contributed by atoms with Crippen molar-refractivity contribution >= 4 is 17.8 Å². The Morgan fingerprint density at radius 1 is 1.06 bits per heavy atom. The summed E-state index contributed by atoms with van der Waals surface area (Å²) in [4.78, 5) is 36.7. The van der Waals surface area contributed by atoms with Crippen LogP contribution in [0.5, 0.6) is 5.75 Å². The summed E-state index contributed by atoms with van der Waals surface area (Å²) >= 11 is 0. The molecule has 2 aromatic heterocycles. The van der Waals surface area contributed by atoms with E-state index in [0.717, 1.165) is 5.56 Å². The first kappa shape index (κ1) is 23.0. The van der Waals surface area contributed by atoms with Crippen molar-refractivity contribution in [2.45, 2.75) is 19.5 Å². The molecule has 176 valence electrons. The molecule has 11 heteroatoms. The lowest BCUT2D eigenvalue weighted by molar-refractivity contribution is -0.274. The fourth-order valence-corrected chi connectivity index (χ4v) is 3.45. The molecule has 4 rings (SSSR count). The van der Waals surface area contributed by atoms with Crippen molar-refractivity contribution in [3.8, 4) is 5.75 Å². The molecular formula is C23H20F3N5O3. The topological polar surface area (TPSA) is 87.7 Å². The molecule has 0 aliphatic carbocycles. The van der Waals surface area contributed by atoms with E-state index in [1.807, 2.05) is 6.07 Å². The summed E-state index contributed by atoms with van der Waals surface area (Å²) < 4.78 is 40.8. The van der Waals surface area contributed by atoms with Gasteiger partial charge in [0.25, 0.3) is 5.91 Å². The largest absolute Gasteiger partial charge is 0.573 e. The van der Waals surface area contributed by atoms with Crippen molar-refractivity contribution in [1.29, 1.82) is 0 Å². The molecule has 1 saturated heterocycles. The van der Waals surface area contributed by atoms with Gasteiger partial charge in [0.15, 0.2) is 0 Å². The van der Waals surface area contributed by atoms with Crippen LogP contribution in [0.15, 0.2) is 67.1 Å². The number of hydrogen-bond acceptors (Lipinski definition) is 5. The number of carbonyl (C=O) groups excluding carboxylic acids is 2. The first-order chi connectivity index (χ1) is 16.3. The number of rotatable bonds is 7. The van der Waals surface area contributed by atoms with Gasteiger partial charge < -0.3 is 15.0 Å². The van der Waals surface area contributed by atoms with E-state index < -0.39 is 6.36 Å². The van der Waals surface area contributed by atoms with Gasteiger partial charge in [-0.3, -0.25) is 14.7 Å². The smallest absolute Gasteiger partial charge is 0.406 e. The summed E-state index contributed by atoms with van der Waals surface area (Å²) in [5.74, 6) is -0.291. The average Bonchev–Trinajstić information content (AvgIpc) is 3.18. The first-order valence-electron chi connectivity index (χ1n) is 10.3. The summed E-state index contributed by atoms with van der Waals surface area (Å²) in [5.41, 5.74) is 1.87. The zero-order chi connectivity index (χ0) is 24.1. The monoisotopic (exact) mass is 471 g/mol. The SMILES string of the molecule is O=C(NCc1cccnc1)c1ccnc(N2CCN(Cc3ccc(OC(F)(F)F)cc3)C2=O)c1. The maximum Gasteiger partial charge on any atom is 0.573 e. The minimum absolute atomic E-state index is 0.215. The van der Waals surface area contributed by atoms with E-state index >= 15 is 0 Å². The molecule has 0 atom stereocenters. The molecule has 0 unspecified atom stereocenters. The summed E-state index contributed by atoms with van der Waals surface area (Å²) in [6, 6.07) is 11.8. The second-order valence-electron chi connectivity index (χ2n) is 7.49. The highest BCUT2D eigenvalue weighted by Crippen LogP contribution is 2.24. The van der Waals surface area contributed by atoms with E-state index in [4.69, 9.17) is 0 Å². The van der Waals surface area contributed by atoms with Gasteiger partial charge in [-0.05, 0) is 41.5 Å². The van der Waals surface area contributed by atoms with Crippen LogP contribution in [0, 0.1) is 0 Å². The number of nitrogens with one attached hydrogen (secondary N) is 1. The van der Waals surface area contributed by atoms with E-state index in [1.54, 1.807) is 35.5 Å². The van der Waals surface area contributed by atoms with E-state index in [9.17, 15) is 22.8 Å². The Labute approximate surface area is 193 Å². The summed E-state index contributed by atoms with van der Waals surface area (Å²) in [6.07, 6.45) is 0.00853. The van der Waals surface area contributed by atoms with Crippen LogP contribution in [0.25, 0.3) is 0 Å². The molecule has 0 spiro atoms. The van der Waals surface area contributed by atoms with Crippen molar-refractivity contribution in [3.05, 3.63) is 83.8 Å². The molecule has 1 N–H and O–H groups in total. The van der Waals surface area contributed by atoms with Crippen LogP contribution in [0.1, 0.15) is 21.5 Å². The van der Waals surface area contributed by atoms with E-state index in [1.165, 1.54) is 35.4 Å². The fourth-order valence-electron chi connectivity index (χ4n) is 3.45. The molecule has 0 radical (unpaired) electrons. The lowest BCUT2D eigenvalue weighted by Crippen LogP contribution is -2.32. The maximum atomic E-state index is 12.9. The molecule has 1 aliphatic heterocycles. The van der Waals surface area contributed by atoms with E-state index in [2.05, 4.69) is 20.0 Å². The number of carbonyl (C=O) groups is 2. The van der Waals surface area contributed by atoms with E-state index in [0.29, 0.717) is 36.6 Å². The lowest BCUT2D eigenvalue weighted by atomic mass is 10.2. The zero-order valence-electron chi connectivity index (χ0n) is 17.8. The van der Waals surface area contributed by atoms with Gasteiger partial charge >= 0.3 is 12.4 Å². The molecule has 1 fully saturated rings. The van der Waals surface area contributed by atoms with Gasteiger partial charge in [-0.25, -0.2) is 9.78 Å². The Morgan fingerprint density at radius 2 is 1.85 bits per heavy atom. The van der Waals surface area contributed by atoms with Crippen molar-refractivity contribution in [3.63, 3.8) is 0 Å². The summed E-state index contributed by atoms with van der Waals surface area (Å²) in [5, 5.41) is 2.80. The third-order valence-electron chi connectivity index (χ3n) is 5.09. The minimum atomic E-state index is -4.76. The van der Waals surface area contributed by atoms with Crippen molar-refractivity contribution < 1.29 is 27.5 Å². The number of urea groups is 1. The normalized spacial score (nSPS) is 13.8. The molecular weight excluding hydrogens is 451 g/mol. The van der Waals surface area contributed by atoms with Crippen LogP contribution in [0.4, 0.5) is 23.8 Å². The van der Waals surface area contributed by atoms with Crippen LogP contribution in [0.3, 0.4) is 0 Å². The Hall–Kier alpha value is -4.15. The summed E-state index contributed by atoms with van der Waals surface area (Å²) in [7, 11) is 0. The van der Waals surface area contributed by atoms with Crippen LogP contribution >= 0.6 is 0 Å². The molecule has 34 heavy (non-hydrogen) atoms. The number of nitrogens with zero attached hydrogens (tertiary/aromatic N) is 4. The quantitative estimate of drug-likeness (QED) is 0.567. The van der Waals surface area contributed by atoms with Crippen molar-refractivity contribution in [1.82, 2.24) is 20.2 Å². The van der Waals surface area contributed by atoms with Crippen LogP contribution in [-0.4, -0.2) is 46.3 Å². The number of benzene rings is 1. The number of aromatic nitrogens is 2. The Balaban J connectivity index is 1.37. The van der Waals surface area contributed by atoms with Crippen molar-refractivity contribution in [2.24, 2.45) is 0 Å². The third kappa shape index (κ3) is 5.80.